The van der Waals surface area contributed by atoms with E-state index in [0.717, 1.165) is 28.0 Å². The fourth-order valence-electron chi connectivity index (χ4n) is 3.90. The minimum atomic E-state index is -0.388. The highest BCUT2D eigenvalue weighted by atomic mass is 16.2. The summed E-state index contributed by atoms with van der Waals surface area (Å²) in [4.78, 5) is 24.9. The van der Waals surface area contributed by atoms with Crippen molar-refractivity contribution in [3.8, 4) is 0 Å². The lowest BCUT2D eigenvalue weighted by molar-refractivity contribution is 0.0660. The first-order valence-corrected chi connectivity index (χ1v) is 9.22. The number of rotatable bonds is 3. The summed E-state index contributed by atoms with van der Waals surface area (Å²) in [5.41, 5.74) is 3.97. The molecule has 0 radical (unpaired) electrons. The van der Waals surface area contributed by atoms with Crippen molar-refractivity contribution in [2.45, 2.75) is 13.5 Å². The van der Waals surface area contributed by atoms with Gasteiger partial charge in [-0.05, 0) is 42.8 Å². The van der Waals surface area contributed by atoms with E-state index in [2.05, 4.69) is 34.8 Å². The number of fused-ring (bicyclic) bond motifs is 4. The molecule has 5 heteroatoms. The van der Waals surface area contributed by atoms with E-state index in [9.17, 15) is 9.59 Å². The summed E-state index contributed by atoms with van der Waals surface area (Å²) in [6.07, 6.45) is 1.57. The Balaban J connectivity index is 1.55. The van der Waals surface area contributed by atoms with E-state index in [1.807, 2.05) is 24.3 Å². The summed E-state index contributed by atoms with van der Waals surface area (Å²) >= 11 is 0. The zero-order chi connectivity index (χ0) is 19.3. The molecule has 3 aromatic carbocycles. The molecular weight excluding hydrogens is 350 g/mol. The summed E-state index contributed by atoms with van der Waals surface area (Å²) < 4.78 is 2.27. The van der Waals surface area contributed by atoms with Crippen LogP contribution in [0.15, 0.2) is 71.8 Å². The smallest absolute Gasteiger partial charge is 0.282 e. The molecule has 2 heterocycles. The molecule has 5 nitrogen and oxygen atoms in total. The van der Waals surface area contributed by atoms with E-state index < -0.39 is 0 Å². The van der Waals surface area contributed by atoms with Gasteiger partial charge in [-0.2, -0.15) is 10.1 Å². The van der Waals surface area contributed by atoms with Crippen LogP contribution >= 0.6 is 0 Å². The largest absolute Gasteiger partial charge is 0.341 e. The fourth-order valence-corrected chi connectivity index (χ4v) is 3.90. The van der Waals surface area contributed by atoms with Crippen LogP contribution in [0.4, 0.5) is 0 Å². The van der Waals surface area contributed by atoms with Gasteiger partial charge in [0.2, 0.25) is 0 Å². The van der Waals surface area contributed by atoms with Crippen molar-refractivity contribution in [2.75, 3.05) is 0 Å². The second-order valence-corrected chi connectivity index (χ2v) is 6.75. The van der Waals surface area contributed by atoms with Crippen molar-refractivity contribution < 1.29 is 9.59 Å². The molecule has 136 valence electrons. The third-order valence-electron chi connectivity index (χ3n) is 5.21. The van der Waals surface area contributed by atoms with Crippen LogP contribution < -0.4 is 0 Å². The Morgan fingerprint density at radius 1 is 0.821 bits per heavy atom. The summed E-state index contributed by atoms with van der Waals surface area (Å²) in [5, 5.41) is 7.43. The molecule has 5 rings (SSSR count). The van der Waals surface area contributed by atoms with Gasteiger partial charge in [0.1, 0.15) is 0 Å². The molecule has 0 aliphatic carbocycles. The SMILES string of the molecule is CCn1c2ccccc2c2cc(/C=N/N3C(=O)c4ccccc4C3=O)ccc21. The van der Waals surface area contributed by atoms with Gasteiger partial charge in [0.15, 0.2) is 0 Å². The lowest BCUT2D eigenvalue weighted by Crippen LogP contribution is -2.23. The molecule has 0 N–H and O–H groups in total. The number of aromatic nitrogens is 1. The van der Waals surface area contributed by atoms with Gasteiger partial charge in [-0.3, -0.25) is 9.59 Å². The number of nitrogens with zero attached hydrogens (tertiary/aromatic N) is 3. The van der Waals surface area contributed by atoms with Crippen LogP contribution in [0.2, 0.25) is 0 Å². The van der Waals surface area contributed by atoms with Crippen LogP contribution in [0.5, 0.6) is 0 Å². The fraction of sp³-hybridized carbons (Fsp3) is 0.0870. The van der Waals surface area contributed by atoms with Gasteiger partial charge >= 0.3 is 0 Å². The first-order valence-electron chi connectivity index (χ1n) is 9.22. The van der Waals surface area contributed by atoms with Crippen LogP contribution in [0.25, 0.3) is 21.8 Å². The molecule has 1 aromatic heterocycles. The lowest BCUT2D eigenvalue weighted by Gasteiger charge is -2.06. The van der Waals surface area contributed by atoms with Gasteiger partial charge in [-0.15, -0.1) is 0 Å². The van der Waals surface area contributed by atoms with Crippen molar-refractivity contribution in [3.05, 3.63) is 83.4 Å². The Morgan fingerprint density at radius 2 is 1.46 bits per heavy atom. The second kappa shape index (κ2) is 6.16. The summed E-state index contributed by atoms with van der Waals surface area (Å²) in [6.45, 7) is 3.01. The number of benzene rings is 3. The quantitative estimate of drug-likeness (QED) is 0.397. The van der Waals surface area contributed by atoms with E-state index in [4.69, 9.17) is 0 Å². The van der Waals surface area contributed by atoms with E-state index in [1.54, 1.807) is 30.5 Å². The Bertz CT molecular complexity index is 1260. The zero-order valence-corrected chi connectivity index (χ0v) is 15.3. The van der Waals surface area contributed by atoms with Gasteiger partial charge in [-0.1, -0.05) is 36.4 Å². The van der Waals surface area contributed by atoms with Crippen molar-refractivity contribution >= 4 is 39.8 Å². The molecule has 0 atom stereocenters. The molecule has 2 amide bonds. The molecule has 0 saturated carbocycles. The van der Waals surface area contributed by atoms with Crippen LogP contribution in [-0.2, 0) is 6.54 Å². The van der Waals surface area contributed by atoms with Gasteiger partial charge < -0.3 is 4.57 Å². The van der Waals surface area contributed by atoms with E-state index >= 15 is 0 Å². The second-order valence-electron chi connectivity index (χ2n) is 6.75. The highest BCUT2D eigenvalue weighted by Crippen LogP contribution is 2.29. The van der Waals surface area contributed by atoms with E-state index in [-0.39, 0.29) is 11.8 Å². The Morgan fingerprint density at radius 3 is 2.18 bits per heavy atom. The minimum absolute atomic E-state index is 0.388. The summed E-state index contributed by atoms with van der Waals surface area (Å²) in [7, 11) is 0. The van der Waals surface area contributed by atoms with E-state index in [0.29, 0.717) is 11.1 Å². The highest BCUT2D eigenvalue weighted by molar-refractivity contribution is 6.21. The third kappa shape index (κ3) is 2.29. The molecule has 0 bridgehead atoms. The monoisotopic (exact) mass is 367 g/mol. The maximum atomic E-state index is 12.4. The van der Waals surface area contributed by atoms with Crippen LogP contribution in [-0.4, -0.2) is 27.6 Å². The number of hydrogen-bond acceptors (Lipinski definition) is 3. The maximum absolute atomic E-state index is 12.4. The normalized spacial score (nSPS) is 14.0. The van der Waals surface area contributed by atoms with Crippen LogP contribution in [0, 0.1) is 0 Å². The van der Waals surface area contributed by atoms with Crippen molar-refractivity contribution in [1.82, 2.24) is 9.58 Å². The Labute approximate surface area is 161 Å². The number of amides is 2. The average molecular weight is 367 g/mol. The van der Waals surface area contributed by atoms with Crippen molar-refractivity contribution in [2.24, 2.45) is 5.10 Å². The van der Waals surface area contributed by atoms with Gasteiger partial charge in [0.05, 0.1) is 17.3 Å². The van der Waals surface area contributed by atoms with Crippen LogP contribution in [0.1, 0.15) is 33.2 Å². The molecule has 0 unspecified atom stereocenters. The number of carbonyl (C=O) groups is 2. The molecule has 1 aliphatic heterocycles. The number of aryl methyl sites for hydroxylation is 1. The zero-order valence-electron chi connectivity index (χ0n) is 15.3. The van der Waals surface area contributed by atoms with E-state index in [1.165, 1.54) is 10.9 Å². The molecule has 4 aromatic rings. The Kier molecular flexibility index (Phi) is 3.62. The first kappa shape index (κ1) is 16.4. The average Bonchev–Trinajstić information content (AvgIpc) is 3.18. The number of hydrogen-bond donors (Lipinski definition) is 0. The number of imide groups is 1. The van der Waals surface area contributed by atoms with Gasteiger partial charge in [-0.25, -0.2) is 0 Å². The number of hydrazone groups is 1. The predicted molar refractivity (Wildman–Crippen MR) is 110 cm³/mol. The first-order chi connectivity index (χ1) is 13.7. The van der Waals surface area contributed by atoms with Gasteiger partial charge in [0.25, 0.3) is 11.8 Å². The molecule has 0 saturated heterocycles. The maximum Gasteiger partial charge on any atom is 0.282 e. The molecular formula is C23H17N3O2. The minimum Gasteiger partial charge on any atom is -0.341 e. The highest BCUT2D eigenvalue weighted by Gasteiger charge is 2.35. The Hall–Kier alpha value is -3.73. The molecule has 0 spiro atoms. The van der Waals surface area contributed by atoms with Gasteiger partial charge in [0, 0.05) is 28.4 Å². The summed E-state index contributed by atoms with van der Waals surface area (Å²) in [6, 6.07) is 21.1. The standard InChI is InChI=1S/C23H17N3O2/c1-2-25-20-10-6-5-7-16(20)19-13-15(11-12-21(19)25)14-24-26-22(27)17-8-3-4-9-18(17)23(26)28/h3-14H,2H2,1H3/b24-14+. The molecule has 1 aliphatic rings. The molecule has 0 fully saturated rings. The number of carbonyl (C=O) groups excluding carboxylic acids is 2. The number of para-hydroxylation sites is 1. The van der Waals surface area contributed by atoms with Crippen molar-refractivity contribution in [3.63, 3.8) is 0 Å². The van der Waals surface area contributed by atoms with Crippen molar-refractivity contribution in [1.29, 1.82) is 0 Å². The topological polar surface area (TPSA) is 54.7 Å². The van der Waals surface area contributed by atoms with Crippen LogP contribution in [0.3, 0.4) is 0 Å². The predicted octanol–water partition coefficient (Wildman–Crippen LogP) is 4.44. The molecule has 28 heavy (non-hydrogen) atoms. The lowest BCUT2D eigenvalue weighted by atomic mass is 10.1. The summed E-state index contributed by atoms with van der Waals surface area (Å²) in [5.74, 6) is -0.777. The third-order valence-corrected chi connectivity index (χ3v) is 5.21.